The molecule has 94 valence electrons. The van der Waals surface area contributed by atoms with Gasteiger partial charge in [0.05, 0.1) is 0 Å². The van der Waals surface area contributed by atoms with E-state index in [2.05, 4.69) is 27.8 Å². The molecule has 2 rings (SSSR count). The maximum atomic E-state index is 13.0. The van der Waals surface area contributed by atoms with Crippen LogP contribution in [0.1, 0.15) is 18.9 Å². The van der Waals surface area contributed by atoms with Crippen molar-refractivity contribution < 1.29 is 4.39 Å². The molecule has 1 fully saturated rings. The Bertz CT molecular complexity index is 399. The predicted octanol–water partition coefficient (Wildman–Crippen LogP) is 4.04. The van der Waals surface area contributed by atoms with Crippen molar-refractivity contribution in [2.75, 3.05) is 12.4 Å². The number of likely N-dealkylation sites (tertiary alicyclic amines) is 1. The van der Waals surface area contributed by atoms with Gasteiger partial charge in [-0.05, 0) is 36.6 Å². The fraction of sp³-hybridized carbons (Fsp3) is 0.538. The maximum Gasteiger partial charge on any atom is 0.124 e. The van der Waals surface area contributed by atoms with Gasteiger partial charge in [-0.2, -0.15) is 0 Å². The molecule has 0 aromatic heterocycles. The van der Waals surface area contributed by atoms with Crippen LogP contribution < -0.4 is 0 Å². The summed E-state index contributed by atoms with van der Waals surface area (Å²) < 4.78 is 13.8. The Hall–Kier alpha value is -0.120. The third-order valence-electron chi connectivity index (χ3n) is 3.54. The first-order valence-electron chi connectivity index (χ1n) is 5.85. The summed E-state index contributed by atoms with van der Waals surface area (Å²) in [5, 5.41) is 0. The second-order valence-corrected chi connectivity index (χ2v) is 5.86. The van der Waals surface area contributed by atoms with Crippen molar-refractivity contribution in [3.05, 3.63) is 34.1 Å². The lowest BCUT2D eigenvalue weighted by Gasteiger charge is -2.25. The molecule has 4 heteroatoms. The lowest BCUT2D eigenvalue weighted by atomic mass is 10.0. The highest BCUT2D eigenvalue weighted by atomic mass is 79.9. The Kier molecular flexibility index (Phi) is 4.45. The molecule has 0 saturated carbocycles. The lowest BCUT2D eigenvalue weighted by molar-refractivity contribution is 0.241. The van der Waals surface area contributed by atoms with E-state index in [1.165, 1.54) is 18.6 Å². The number of hydrogen-bond donors (Lipinski definition) is 0. The highest BCUT2D eigenvalue weighted by molar-refractivity contribution is 9.10. The van der Waals surface area contributed by atoms with Crippen molar-refractivity contribution in [3.8, 4) is 0 Å². The third kappa shape index (κ3) is 3.01. The van der Waals surface area contributed by atoms with E-state index in [4.69, 9.17) is 11.6 Å². The van der Waals surface area contributed by atoms with Crippen LogP contribution in [0.4, 0.5) is 4.39 Å². The average molecular weight is 321 g/mol. The van der Waals surface area contributed by atoms with Gasteiger partial charge in [0.2, 0.25) is 0 Å². The van der Waals surface area contributed by atoms with Crippen LogP contribution >= 0.6 is 27.5 Å². The molecule has 0 bridgehead atoms. The summed E-state index contributed by atoms with van der Waals surface area (Å²) in [7, 11) is 0. The Morgan fingerprint density at radius 1 is 1.53 bits per heavy atom. The summed E-state index contributed by atoms with van der Waals surface area (Å²) in [6, 6.07) is 5.31. The minimum Gasteiger partial charge on any atom is -0.295 e. The molecule has 1 aromatic rings. The molecule has 2 unspecified atom stereocenters. The molecule has 1 heterocycles. The molecule has 0 N–H and O–H groups in total. The van der Waals surface area contributed by atoms with E-state index in [1.54, 1.807) is 0 Å². The summed E-state index contributed by atoms with van der Waals surface area (Å²) in [6.45, 7) is 4.15. The molecule has 0 amide bonds. The minimum absolute atomic E-state index is 0.204. The molecule has 0 spiro atoms. The molecule has 1 aliphatic rings. The zero-order chi connectivity index (χ0) is 12.4. The zero-order valence-corrected chi connectivity index (χ0v) is 12.1. The summed E-state index contributed by atoms with van der Waals surface area (Å²) >= 11 is 9.43. The predicted molar refractivity (Wildman–Crippen MR) is 72.8 cm³/mol. The van der Waals surface area contributed by atoms with Crippen LogP contribution in [0.15, 0.2) is 22.7 Å². The van der Waals surface area contributed by atoms with Gasteiger partial charge in [-0.3, -0.25) is 4.90 Å². The molecule has 0 aliphatic carbocycles. The zero-order valence-electron chi connectivity index (χ0n) is 9.80. The summed E-state index contributed by atoms with van der Waals surface area (Å²) in [5.74, 6) is 1.11. The van der Waals surface area contributed by atoms with E-state index in [-0.39, 0.29) is 5.82 Å². The van der Waals surface area contributed by atoms with E-state index < -0.39 is 0 Å². The van der Waals surface area contributed by atoms with E-state index in [0.717, 1.165) is 23.1 Å². The first-order chi connectivity index (χ1) is 8.11. The van der Waals surface area contributed by atoms with Crippen molar-refractivity contribution in [2.45, 2.75) is 25.9 Å². The maximum absolute atomic E-state index is 13.0. The Morgan fingerprint density at radius 3 is 2.94 bits per heavy atom. The number of halogens is 3. The molecule has 1 nitrogen and oxygen atoms in total. The van der Waals surface area contributed by atoms with Gasteiger partial charge in [-0.25, -0.2) is 4.39 Å². The average Bonchev–Trinajstić information content (AvgIpc) is 2.63. The molecule has 1 saturated heterocycles. The molecule has 0 radical (unpaired) electrons. The summed E-state index contributed by atoms with van der Waals surface area (Å²) in [5.41, 5.74) is 1.12. The standard InChI is InChI=1S/C13H16BrClFN/c1-9-4-5-17(13(9)7-15)8-10-2-3-11(16)6-12(10)14/h2-3,6,9,13H,4-5,7-8H2,1H3. The number of nitrogens with zero attached hydrogens (tertiary/aromatic N) is 1. The minimum atomic E-state index is -0.204. The van der Waals surface area contributed by atoms with Gasteiger partial charge >= 0.3 is 0 Å². The quantitative estimate of drug-likeness (QED) is 0.760. The van der Waals surface area contributed by atoms with Crippen LogP contribution in [-0.2, 0) is 6.54 Å². The van der Waals surface area contributed by atoms with Crippen molar-refractivity contribution >= 4 is 27.5 Å². The molecule has 1 aromatic carbocycles. The van der Waals surface area contributed by atoms with Gasteiger partial charge < -0.3 is 0 Å². The summed E-state index contributed by atoms with van der Waals surface area (Å²) in [4.78, 5) is 2.38. The Labute approximate surface area is 115 Å². The number of benzene rings is 1. The van der Waals surface area contributed by atoms with Gasteiger partial charge in [0.1, 0.15) is 5.82 Å². The van der Waals surface area contributed by atoms with Crippen molar-refractivity contribution in [3.63, 3.8) is 0 Å². The van der Waals surface area contributed by atoms with E-state index in [9.17, 15) is 4.39 Å². The fourth-order valence-electron chi connectivity index (χ4n) is 2.40. The second kappa shape index (κ2) is 5.68. The van der Waals surface area contributed by atoms with Crippen molar-refractivity contribution in [1.29, 1.82) is 0 Å². The third-order valence-corrected chi connectivity index (χ3v) is 4.60. The Morgan fingerprint density at radius 2 is 2.29 bits per heavy atom. The topological polar surface area (TPSA) is 3.24 Å². The van der Waals surface area contributed by atoms with Gasteiger partial charge in [0.25, 0.3) is 0 Å². The second-order valence-electron chi connectivity index (χ2n) is 4.69. The first kappa shape index (κ1) is 13.3. The van der Waals surface area contributed by atoms with Gasteiger partial charge in [0.15, 0.2) is 0 Å². The van der Waals surface area contributed by atoms with Crippen LogP contribution in [0.2, 0.25) is 0 Å². The van der Waals surface area contributed by atoms with Crippen LogP contribution in [0.25, 0.3) is 0 Å². The van der Waals surface area contributed by atoms with Crippen LogP contribution in [0.3, 0.4) is 0 Å². The van der Waals surface area contributed by atoms with Crippen molar-refractivity contribution in [1.82, 2.24) is 4.90 Å². The lowest BCUT2D eigenvalue weighted by Crippen LogP contribution is -2.33. The fourth-order valence-corrected chi connectivity index (χ4v) is 3.38. The SMILES string of the molecule is CC1CCN(Cc2ccc(F)cc2Br)C1CCl. The first-order valence-corrected chi connectivity index (χ1v) is 7.18. The van der Waals surface area contributed by atoms with Crippen LogP contribution in [-0.4, -0.2) is 23.4 Å². The molecule has 17 heavy (non-hydrogen) atoms. The largest absolute Gasteiger partial charge is 0.295 e. The van der Waals surface area contributed by atoms with E-state index >= 15 is 0 Å². The Balaban J connectivity index is 2.10. The normalized spacial score (nSPS) is 25.4. The van der Waals surface area contributed by atoms with Gasteiger partial charge in [-0.15, -0.1) is 11.6 Å². The van der Waals surface area contributed by atoms with Crippen LogP contribution in [0.5, 0.6) is 0 Å². The smallest absolute Gasteiger partial charge is 0.124 e. The number of alkyl halides is 1. The number of rotatable bonds is 3. The molecule has 2 atom stereocenters. The van der Waals surface area contributed by atoms with Gasteiger partial charge in [0, 0.05) is 22.9 Å². The monoisotopic (exact) mass is 319 g/mol. The summed E-state index contributed by atoms with van der Waals surface area (Å²) in [6.07, 6.45) is 1.19. The van der Waals surface area contributed by atoms with Crippen LogP contribution in [0, 0.1) is 11.7 Å². The van der Waals surface area contributed by atoms with Gasteiger partial charge in [-0.1, -0.05) is 28.9 Å². The highest BCUT2D eigenvalue weighted by Crippen LogP contribution is 2.28. The number of hydrogen-bond acceptors (Lipinski definition) is 1. The highest BCUT2D eigenvalue weighted by Gasteiger charge is 2.30. The molecular formula is C13H16BrClFN. The molecule has 1 aliphatic heterocycles. The van der Waals surface area contributed by atoms with E-state index in [0.29, 0.717) is 17.8 Å². The van der Waals surface area contributed by atoms with Crippen molar-refractivity contribution in [2.24, 2.45) is 5.92 Å². The van der Waals surface area contributed by atoms with E-state index in [1.807, 2.05) is 6.07 Å². The molecular weight excluding hydrogens is 305 g/mol.